The summed E-state index contributed by atoms with van der Waals surface area (Å²) in [6.07, 6.45) is 7.94. The predicted molar refractivity (Wildman–Crippen MR) is 130 cm³/mol. The summed E-state index contributed by atoms with van der Waals surface area (Å²) in [6.45, 7) is 3.56. The van der Waals surface area contributed by atoms with Gasteiger partial charge in [-0.25, -0.2) is 0 Å². The van der Waals surface area contributed by atoms with Crippen LogP contribution < -0.4 is 4.90 Å². The zero-order chi connectivity index (χ0) is 21.3. The third-order valence-electron chi connectivity index (χ3n) is 9.06. The van der Waals surface area contributed by atoms with E-state index in [9.17, 15) is 5.11 Å². The van der Waals surface area contributed by atoms with Crippen molar-refractivity contribution >= 4 is 16.5 Å². The van der Waals surface area contributed by atoms with Crippen molar-refractivity contribution in [3.8, 4) is 16.9 Å². The Labute approximate surface area is 190 Å². The SMILES string of the molecule is Oc1cc2c(c3ccccc13)-c1ccc(N3CCOCC3)cc1C21C2CCCC1CCC2. The van der Waals surface area contributed by atoms with Gasteiger partial charge in [0.25, 0.3) is 0 Å². The number of benzene rings is 3. The third kappa shape index (κ3) is 2.41. The second-order valence-corrected chi connectivity index (χ2v) is 10.3. The molecule has 3 fully saturated rings. The number of fused-ring (bicyclic) bond motifs is 5. The van der Waals surface area contributed by atoms with Crippen LogP contribution in [-0.2, 0) is 10.2 Å². The van der Waals surface area contributed by atoms with Crippen LogP contribution in [0.1, 0.15) is 49.7 Å². The normalized spacial score (nSPS) is 28.7. The molecule has 3 heteroatoms. The second kappa shape index (κ2) is 6.99. The number of morpholine rings is 1. The van der Waals surface area contributed by atoms with Gasteiger partial charge in [-0.2, -0.15) is 0 Å². The molecule has 164 valence electrons. The summed E-state index contributed by atoms with van der Waals surface area (Å²) < 4.78 is 5.63. The molecule has 7 rings (SSSR count). The lowest BCUT2D eigenvalue weighted by Crippen LogP contribution is -2.47. The van der Waals surface area contributed by atoms with Gasteiger partial charge in [-0.15, -0.1) is 0 Å². The van der Waals surface area contributed by atoms with E-state index in [1.165, 1.54) is 66.3 Å². The lowest BCUT2D eigenvalue weighted by Gasteiger charge is -2.53. The van der Waals surface area contributed by atoms with E-state index in [4.69, 9.17) is 4.74 Å². The van der Waals surface area contributed by atoms with Crippen molar-refractivity contribution in [1.29, 1.82) is 0 Å². The Balaban J connectivity index is 1.54. The molecule has 3 aromatic carbocycles. The minimum absolute atomic E-state index is 0.0605. The van der Waals surface area contributed by atoms with Crippen LogP contribution in [0.4, 0.5) is 5.69 Å². The molecule has 4 aliphatic rings. The first-order valence-electron chi connectivity index (χ1n) is 12.5. The first-order chi connectivity index (χ1) is 15.8. The zero-order valence-corrected chi connectivity index (χ0v) is 18.6. The van der Waals surface area contributed by atoms with E-state index >= 15 is 0 Å². The van der Waals surface area contributed by atoms with Crippen molar-refractivity contribution in [3.63, 3.8) is 0 Å². The lowest BCUT2D eigenvalue weighted by atomic mass is 9.51. The Morgan fingerprint density at radius 3 is 2.22 bits per heavy atom. The molecule has 0 atom stereocenters. The molecule has 32 heavy (non-hydrogen) atoms. The quantitative estimate of drug-likeness (QED) is 0.500. The van der Waals surface area contributed by atoms with Crippen LogP contribution in [0.5, 0.6) is 5.75 Å². The Bertz CT molecular complexity index is 1190. The molecule has 0 amide bonds. The molecule has 0 unspecified atom stereocenters. The van der Waals surface area contributed by atoms with Crippen molar-refractivity contribution in [2.75, 3.05) is 31.2 Å². The fourth-order valence-corrected chi connectivity index (χ4v) is 7.86. The van der Waals surface area contributed by atoms with Gasteiger partial charge in [0.15, 0.2) is 0 Å². The van der Waals surface area contributed by atoms with E-state index in [0.29, 0.717) is 17.6 Å². The number of rotatable bonds is 1. The first kappa shape index (κ1) is 19.0. The average molecular weight is 426 g/mol. The molecular formula is C29H31NO2. The number of phenolic OH excluding ortho intramolecular Hbond substituents is 1. The Kier molecular flexibility index (Phi) is 4.15. The Morgan fingerprint density at radius 2 is 1.50 bits per heavy atom. The van der Waals surface area contributed by atoms with Gasteiger partial charge in [0.05, 0.1) is 13.2 Å². The van der Waals surface area contributed by atoms with Gasteiger partial charge >= 0.3 is 0 Å². The predicted octanol–water partition coefficient (Wildman–Crippen LogP) is 6.25. The third-order valence-corrected chi connectivity index (χ3v) is 9.06. The summed E-state index contributed by atoms with van der Waals surface area (Å²) >= 11 is 0. The molecule has 2 saturated carbocycles. The van der Waals surface area contributed by atoms with Crippen LogP contribution >= 0.6 is 0 Å². The summed E-state index contributed by atoms with van der Waals surface area (Å²) in [6, 6.07) is 17.8. The molecule has 3 nitrogen and oxygen atoms in total. The van der Waals surface area contributed by atoms with E-state index in [2.05, 4.69) is 47.4 Å². The number of nitrogens with zero attached hydrogens (tertiary/aromatic N) is 1. The van der Waals surface area contributed by atoms with E-state index in [-0.39, 0.29) is 5.41 Å². The van der Waals surface area contributed by atoms with Crippen LogP contribution in [0, 0.1) is 11.8 Å². The fourth-order valence-electron chi connectivity index (χ4n) is 7.86. The van der Waals surface area contributed by atoms with Crippen LogP contribution in [0.25, 0.3) is 21.9 Å². The molecule has 3 aromatic rings. The molecule has 2 bridgehead atoms. The van der Waals surface area contributed by atoms with Crippen molar-refractivity contribution < 1.29 is 9.84 Å². The minimum atomic E-state index is 0.0605. The summed E-state index contributed by atoms with van der Waals surface area (Å²) in [7, 11) is 0. The molecular weight excluding hydrogens is 394 g/mol. The highest BCUT2D eigenvalue weighted by atomic mass is 16.5. The maximum Gasteiger partial charge on any atom is 0.123 e. The highest BCUT2D eigenvalue weighted by molar-refractivity contribution is 6.05. The molecule has 1 saturated heterocycles. The van der Waals surface area contributed by atoms with Crippen LogP contribution in [0.15, 0.2) is 48.5 Å². The smallest absolute Gasteiger partial charge is 0.123 e. The number of aromatic hydroxyl groups is 1. The number of hydrogen-bond donors (Lipinski definition) is 1. The largest absolute Gasteiger partial charge is 0.507 e. The summed E-state index contributed by atoms with van der Waals surface area (Å²) in [5, 5.41) is 13.3. The van der Waals surface area contributed by atoms with Crippen molar-refractivity contribution in [3.05, 3.63) is 59.7 Å². The fraction of sp³-hybridized carbons (Fsp3) is 0.448. The minimum Gasteiger partial charge on any atom is -0.507 e. The molecule has 1 heterocycles. The van der Waals surface area contributed by atoms with Crippen molar-refractivity contribution in [1.82, 2.24) is 0 Å². The van der Waals surface area contributed by atoms with Gasteiger partial charge in [-0.3, -0.25) is 0 Å². The van der Waals surface area contributed by atoms with Crippen LogP contribution in [0.3, 0.4) is 0 Å². The summed E-state index contributed by atoms with van der Waals surface area (Å²) in [4.78, 5) is 2.49. The Morgan fingerprint density at radius 1 is 0.812 bits per heavy atom. The van der Waals surface area contributed by atoms with Gasteiger partial charge in [0, 0.05) is 29.6 Å². The van der Waals surface area contributed by atoms with Crippen LogP contribution in [0.2, 0.25) is 0 Å². The number of phenols is 1. The maximum atomic E-state index is 11.1. The van der Waals surface area contributed by atoms with E-state index in [1.807, 2.05) is 6.07 Å². The number of hydrogen-bond acceptors (Lipinski definition) is 3. The first-order valence-corrected chi connectivity index (χ1v) is 12.5. The highest BCUT2D eigenvalue weighted by Gasteiger charge is 2.56. The van der Waals surface area contributed by atoms with E-state index < -0.39 is 0 Å². The number of ether oxygens (including phenoxy) is 1. The lowest BCUT2D eigenvalue weighted by molar-refractivity contribution is 0.0871. The Hall–Kier alpha value is -2.52. The van der Waals surface area contributed by atoms with E-state index in [0.717, 1.165) is 31.7 Å². The average Bonchev–Trinajstić information content (AvgIpc) is 3.09. The standard InChI is InChI=1S/C29H31NO2/c31-27-18-26-28(23-10-2-1-9-22(23)27)24-12-11-21(30-13-15-32-16-14-30)17-25(24)29(26)19-5-3-6-20(29)8-4-7-19/h1-2,9-12,17-20,31H,3-8,13-16H2. The molecule has 1 N–H and O–H groups in total. The topological polar surface area (TPSA) is 32.7 Å². The van der Waals surface area contributed by atoms with E-state index in [1.54, 1.807) is 5.56 Å². The van der Waals surface area contributed by atoms with Crippen LogP contribution in [-0.4, -0.2) is 31.4 Å². The highest BCUT2D eigenvalue weighted by Crippen LogP contribution is 2.66. The molecule has 1 aliphatic heterocycles. The van der Waals surface area contributed by atoms with Gasteiger partial charge in [0.1, 0.15) is 5.75 Å². The second-order valence-electron chi connectivity index (χ2n) is 10.3. The molecule has 1 spiro atoms. The van der Waals surface area contributed by atoms with Gasteiger partial charge < -0.3 is 14.7 Å². The number of anilines is 1. The summed E-state index contributed by atoms with van der Waals surface area (Å²) in [5.41, 5.74) is 7.16. The molecule has 0 radical (unpaired) electrons. The van der Waals surface area contributed by atoms with Gasteiger partial charge in [-0.05, 0) is 83.4 Å². The van der Waals surface area contributed by atoms with Gasteiger partial charge in [-0.1, -0.05) is 43.2 Å². The molecule has 3 aliphatic carbocycles. The maximum absolute atomic E-state index is 11.1. The summed E-state index contributed by atoms with van der Waals surface area (Å²) in [5.74, 6) is 1.80. The molecule has 0 aromatic heterocycles. The van der Waals surface area contributed by atoms with Crippen molar-refractivity contribution in [2.45, 2.75) is 43.9 Å². The van der Waals surface area contributed by atoms with Crippen molar-refractivity contribution in [2.24, 2.45) is 11.8 Å². The zero-order valence-electron chi connectivity index (χ0n) is 18.6. The monoisotopic (exact) mass is 425 g/mol. The van der Waals surface area contributed by atoms with Gasteiger partial charge in [0.2, 0.25) is 0 Å².